The van der Waals surface area contributed by atoms with Gasteiger partial charge in [0.1, 0.15) is 0 Å². The molecule has 1 saturated carbocycles. The van der Waals surface area contributed by atoms with Crippen LogP contribution in [0.4, 0.5) is 13.2 Å². The zero-order chi connectivity index (χ0) is 12.2. The number of hydrogen-bond acceptors (Lipinski definition) is 2. The van der Waals surface area contributed by atoms with Gasteiger partial charge in [-0.2, -0.15) is 25.8 Å². The van der Waals surface area contributed by atoms with Crippen molar-refractivity contribution in [2.75, 3.05) is 18.8 Å². The van der Waals surface area contributed by atoms with Crippen molar-refractivity contribution in [2.24, 2.45) is 5.92 Å². The molecule has 0 spiro atoms. The van der Waals surface area contributed by atoms with E-state index >= 15 is 0 Å². The smallest absolute Gasteiger partial charge is 0.292 e. The van der Waals surface area contributed by atoms with Gasteiger partial charge in [-0.15, -0.1) is 0 Å². The van der Waals surface area contributed by atoms with Gasteiger partial charge >= 0.3 is 6.18 Å². The van der Waals surface area contributed by atoms with E-state index in [1.165, 1.54) is 0 Å². The molecule has 0 N–H and O–H groups in total. The van der Waals surface area contributed by atoms with E-state index in [0.717, 1.165) is 31.4 Å². The number of nitrogens with zero attached hydrogens (tertiary/aromatic N) is 1. The van der Waals surface area contributed by atoms with Crippen LogP contribution in [0.1, 0.15) is 32.6 Å². The summed E-state index contributed by atoms with van der Waals surface area (Å²) in [5, 5.41) is 0. The van der Waals surface area contributed by atoms with Gasteiger partial charge in [-0.1, -0.05) is 6.92 Å². The van der Waals surface area contributed by atoms with E-state index in [1.807, 2.05) is 0 Å². The first-order chi connectivity index (χ1) is 7.42. The highest BCUT2D eigenvalue weighted by atomic mass is 32.1. The van der Waals surface area contributed by atoms with Crippen LogP contribution >= 0.6 is 12.6 Å². The number of thiol groups is 1. The molecule has 0 bridgehead atoms. The Hall–Kier alpha value is 0.100. The highest BCUT2D eigenvalue weighted by Gasteiger charge is 2.37. The Bertz CT molecular complexity index is 204. The first kappa shape index (κ1) is 14.2. The standard InChI is InChI=1S/C11H20F3NS/c1-9(5-7-16)4-6-15(10-2-3-10)8-11(12,13)14/h9-10,16H,2-8H2,1H3. The van der Waals surface area contributed by atoms with Crippen LogP contribution < -0.4 is 0 Å². The molecule has 1 unspecified atom stereocenters. The highest BCUT2D eigenvalue weighted by Crippen LogP contribution is 2.30. The van der Waals surface area contributed by atoms with Crippen molar-refractivity contribution in [1.29, 1.82) is 0 Å². The Labute approximate surface area is 101 Å². The van der Waals surface area contributed by atoms with Gasteiger partial charge in [0.25, 0.3) is 0 Å². The van der Waals surface area contributed by atoms with Crippen molar-refractivity contribution < 1.29 is 13.2 Å². The third kappa shape index (κ3) is 5.99. The number of rotatable bonds is 7. The van der Waals surface area contributed by atoms with Crippen molar-refractivity contribution in [2.45, 2.75) is 44.8 Å². The van der Waals surface area contributed by atoms with Crippen LogP contribution in [0.2, 0.25) is 0 Å². The zero-order valence-corrected chi connectivity index (χ0v) is 10.5. The van der Waals surface area contributed by atoms with Crippen molar-refractivity contribution in [3.8, 4) is 0 Å². The molecule has 16 heavy (non-hydrogen) atoms. The SMILES string of the molecule is CC(CCS)CCN(CC(F)(F)F)C1CC1. The van der Waals surface area contributed by atoms with Gasteiger partial charge in [0.05, 0.1) is 6.54 Å². The minimum absolute atomic E-state index is 0.185. The molecule has 1 aliphatic carbocycles. The van der Waals surface area contributed by atoms with Crippen LogP contribution in [0.25, 0.3) is 0 Å². The fourth-order valence-corrected chi connectivity index (χ4v) is 2.25. The molecule has 1 fully saturated rings. The molecular weight excluding hydrogens is 235 g/mol. The minimum atomic E-state index is -4.06. The molecule has 0 aromatic rings. The molecule has 0 saturated heterocycles. The third-order valence-electron chi connectivity index (χ3n) is 2.98. The minimum Gasteiger partial charge on any atom is -0.292 e. The lowest BCUT2D eigenvalue weighted by Crippen LogP contribution is -2.37. The largest absolute Gasteiger partial charge is 0.401 e. The third-order valence-corrected chi connectivity index (χ3v) is 3.23. The molecule has 0 aliphatic heterocycles. The summed E-state index contributed by atoms with van der Waals surface area (Å²) < 4.78 is 36.9. The van der Waals surface area contributed by atoms with Gasteiger partial charge in [0.15, 0.2) is 0 Å². The molecule has 0 heterocycles. The molecule has 0 radical (unpaired) electrons. The van der Waals surface area contributed by atoms with E-state index < -0.39 is 12.7 Å². The Morgan fingerprint density at radius 2 is 1.94 bits per heavy atom. The Morgan fingerprint density at radius 3 is 2.38 bits per heavy atom. The second-order valence-corrected chi connectivity index (χ2v) is 5.17. The van der Waals surface area contributed by atoms with Gasteiger partial charge in [-0.25, -0.2) is 0 Å². The van der Waals surface area contributed by atoms with Gasteiger partial charge in [-0.05, 0) is 43.9 Å². The Morgan fingerprint density at radius 1 is 1.31 bits per heavy atom. The van der Waals surface area contributed by atoms with E-state index in [4.69, 9.17) is 0 Å². The summed E-state index contributed by atoms with van der Waals surface area (Å²) in [6, 6.07) is 0.185. The highest BCUT2D eigenvalue weighted by molar-refractivity contribution is 7.80. The maximum atomic E-state index is 12.3. The maximum absolute atomic E-state index is 12.3. The summed E-state index contributed by atoms with van der Waals surface area (Å²) in [6.45, 7) is 1.90. The van der Waals surface area contributed by atoms with Crippen molar-refractivity contribution in [3.05, 3.63) is 0 Å². The summed E-state index contributed by atoms with van der Waals surface area (Å²) in [7, 11) is 0. The molecule has 0 aromatic carbocycles. The number of hydrogen-bond donors (Lipinski definition) is 1. The van der Waals surface area contributed by atoms with Crippen LogP contribution in [0, 0.1) is 5.92 Å². The molecule has 1 rings (SSSR count). The molecular formula is C11H20F3NS. The molecule has 5 heteroatoms. The van der Waals surface area contributed by atoms with Crippen LogP contribution in [0.5, 0.6) is 0 Å². The molecule has 1 nitrogen and oxygen atoms in total. The van der Waals surface area contributed by atoms with Gasteiger partial charge < -0.3 is 0 Å². The van der Waals surface area contributed by atoms with Crippen molar-refractivity contribution >= 4 is 12.6 Å². The monoisotopic (exact) mass is 255 g/mol. The lowest BCUT2D eigenvalue weighted by Gasteiger charge is -2.24. The summed E-state index contributed by atoms with van der Waals surface area (Å²) in [4.78, 5) is 1.59. The lowest BCUT2D eigenvalue weighted by atomic mass is 10.0. The normalized spacial score (nSPS) is 19.1. The number of alkyl halides is 3. The summed E-state index contributed by atoms with van der Waals surface area (Å²) in [5.74, 6) is 1.27. The van der Waals surface area contributed by atoms with Crippen LogP contribution in [0.3, 0.4) is 0 Å². The van der Waals surface area contributed by atoms with Crippen LogP contribution in [-0.4, -0.2) is 36.0 Å². The average molecular weight is 255 g/mol. The van der Waals surface area contributed by atoms with Crippen LogP contribution in [0.15, 0.2) is 0 Å². The lowest BCUT2D eigenvalue weighted by molar-refractivity contribution is -0.147. The summed E-state index contributed by atoms with van der Waals surface area (Å²) in [6.07, 6.45) is -0.385. The predicted molar refractivity (Wildman–Crippen MR) is 62.9 cm³/mol. The topological polar surface area (TPSA) is 3.24 Å². The molecule has 96 valence electrons. The van der Waals surface area contributed by atoms with Gasteiger partial charge in [-0.3, -0.25) is 4.90 Å². The van der Waals surface area contributed by atoms with E-state index in [1.54, 1.807) is 4.90 Å². The second-order valence-electron chi connectivity index (χ2n) is 4.72. The van der Waals surface area contributed by atoms with Crippen molar-refractivity contribution in [1.82, 2.24) is 4.90 Å². The first-order valence-corrected chi connectivity index (χ1v) is 6.47. The van der Waals surface area contributed by atoms with E-state index in [-0.39, 0.29) is 6.04 Å². The number of halogens is 3. The Balaban J connectivity index is 2.28. The first-order valence-electron chi connectivity index (χ1n) is 5.84. The Kier molecular flexibility index (Phi) is 5.44. The second kappa shape index (κ2) is 6.15. The van der Waals surface area contributed by atoms with E-state index in [2.05, 4.69) is 19.6 Å². The fraction of sp³-hybridized carbons (Fsp3) is 1.00. The summed E-state index contributed by atoms with van der Waals surface area (Å²) in [5.41, 5.74) is 0. The fourth-order valence-electron chi connectivity index (χ4n) is 1.81. The van der Waals surface area contributed by atoms with Gasteiger partial charge in [0, 0.05) is 6.04 Å². The average Bonchev–Trinajstić information content (AvgIpc) is 2.94. The molecule has 0 aromatic heterocycles. The molecule has 1 atom stereocenters. The van der Waals surface area contributed by atoms with E-state index in [0.29, 0.717) is 12.5 Å². The van der Waals surface area contributed by atoms with Gasteiger partial charge in [0.2, 0.25) is 0 Å². The quantitative estimate of drug-likeness (QED) is 0.683. The predicted octanol–water partition coefficient (Wildman–Crippen LogP) is 3.36. The van der Waals surface area contributed by atoms with Crippen LogP contribution in [-0.2, 0) is 0 Å². The summed E-state index contributed by atoms with van der Waals surface area (Å²) >= 11 is 4.13. The molecule has 1 aliphatic rings. The molecule has 0 amide bonds. The zero-order valence-electron chi connectivity index (χ0n) is 9.63. The maximum Gasteiger partial charge on any atom is 0.401 e. The van der Waals surface area contributed by atoms with E-state index in [9.17, 15) is 13.2 Å². The van der Waals surface area contributed by atoms with Crippen molar-refractivity contribution in [3.63, 3.8) is 0 Å².